The summed E-state index contributed by atoms with van der Waals surface area (Å²) in [7, 11) is 3.25. The highest BCUT2D eigenvalue weighted by Gasteiger charge is 2.05. The van der Waals surface area contributed by atoms with Gasteiger partial charge < -0.3 is 20.5 Å². The first-order chi connectivity index (χ1) is 9.22. The molecule has 2 rings (SSSR count). The largest absolute Gasteiger partial charge is 0.493 e. The van der Waals surface area contributed by atoms with Crippen molar-refractivity contribution >= 4 is 22.6 Å². The van der Waals surface area contributed by atoms with E-state index in [9.17, 15) is 0 Å². The lowest BCUT2D eigenvalue weighted by atomic mass is 10.1. The minimum absolute atomic E-state index is 0.304. The molecule has 0 unspecified atom stereocenters. The molecule has 0 aliphatic heterocycles. The Balaban J connectivity index is 1.92. The van der Waals surface area contributed by atoms with Gasteiger partial charge in [-0.2, -0.15) is 9.36 Å². The third-order valence-corrected chi connectivity index (χ3v) is 3.27. The fourth-order valence-corrected chi connectivity index (χ4v) is 2.18. The van der Waals surface area contributed by atoms with Gasteiger partial charge in [0.1, 0.15) is 0 Å². The quantitative estimate of drug-likeness (QED) is 0.839. The Labute approximate surface area is 115 Å². The molecule has 0 spiro atoms. The molecule has 0 radical (unpaired) electrons. The van der Waals surface area contributed by atoms with E-state index in [4.69, 9.17) is 15.2 Å². The Morgan fingerprint density at radius 1 is 1.26 bits per heavy atom. The number of anilines is 2. The number of nitrogen functional groups attached to an aromatic ring is 1. The van der Waals surface area contributed by atoms with Gasteiger partial charge in [-0.1, -0.05) is 6.07 Å². The van der Waals surface area contributed by atoms with Crippen molar-refractivity contribution in [2.45, 2.75) is 6.42 Å². The fraction of sp³-hybridized carbons (Fsp3) is 0.333. The Morgan fingerprint density at radius 2 is 2.05 bits per heavy atom. The van der Waals surface area contributed by atoms with Crippen molar-refractivity contribution in [1.82, 2.24) is 9.36 Å². The van der Waals surface area contributed by atoms with Crippen molar-refractivity contribution < 1.29 is 9.47 Å². The van der Waals surface area contributed by atoms with Crippen LogP contribution in [0.1, 0.15) is 5.56 Å². The molecule has 1 heterocycles. The van der Waals surface area contributed by atoms with Crippen molar-refractivity contribution in [2.24, 2.45) is 0 Å². The zero-order valence-electron chi connectivity index (χ0n) is 10.8. The molecule has 3 N–H and O–H groups in total. The summed E-state index contributed by atoms with van der Waals surface area (Å²) in [6.45, 7) is 0.754. The normalized spacial score (nSPS) is 10.2. The van der Waals surface area contributed by atoms with Gasteiger partial charge in [0.05, 0.1) is 14.2 Å². The second kappa shape index (κ2) is 6.24. The van der Waals surface area contributed by atoms with E-state index in [0.717, 1.165) is 35.2 Å². The van der Waals surface area contributed by atoms with Gasteiger partial charge >= 0.3 is 0 Å². The second-order valence-electron chi connectivity index (χ2n) is 3.82. The number of hydrogen-bond acceptors (Lipinski definition) is 7. The molecule has 0 saturated heterocycles. The third kappa shape index (κ3) is 3.47. The molecular weight excluding hydrogens is 264 g/mol. The number of ether oxygens (including phenoxy) is 2. The summed E-state index contributed by atoms with van der Waals surface area (Å²) in [4.78, 5) is 4.03. The monoisotopic (exact) mass is 280 g/mol. The van der Waals surface area contributed by atoms with Crippen LogP contribution < -0.4 is 20.5 Å². The zero-order valence-corrected chi connectivity index (χ0v) is 11.7. The molecule has 1 aromatic heterocycles. The SMILES string of the molecule is COc1ccc(CCNc2nc(N)ns2)cc1OC. The molecule has 0 amide bonds. The predicted octanol–water partition coefficient (Wildman–Crippen LogP) is 1.79. The van der Waals surface area contributed by atoms with E-state index in [1.54, 1.807) is 14.2 Å². The Hall–Kier alpha value is -2.02. The van der Waals surface area contributed by atoms with E-state index < -0.39 is 0 Å². The molecule has 2 aromatic rings. The van der Waals surface area contributed by atoms with Crippen LogP contribution >= 0.6 is 11.5 Å². The summed E-state index contributed by atoms with van der Waals surface area (Å²) in [6.07, 6.45) is 0.847. The maximum Gasteiger partial charge on any atom is 0.233 e. The number of nitrogens with two attached hydrogens (primary N) is 1. The number of hydrogen-bond donors (Lipinski definition) is 2. The van der Waals surface area contributed by atoms with Crippen molar-refractivity contribution in [3.8, 4) is 11.5 Å². The van der Waals surface area contributed by atoms with Crippen LogP contribution in [0.4, 0.5) is 11.1 Å². The lowest BCUT2D eigenvalue weighted by Crippen LogP contribution is -2.05. The Kier molecular flexibility index (Phi) is 4.40. The average molecular weight is 280 g/mol. The molecule has 0 saturated carbocycles. The van der Waals surface area contributed by atoms with E-state index in [-0.39, 0.29) is 0 Å². The maximum atomic E-state index is 5.45. The molecule has 0 aliphatic carbocycles. The Bertz CT molecular complexity index is 544. The third-order valence-electron chi connectivity index (χ3n) is 2.58. The summed E-state index contributed by atoms with van der Waals surface area (Å²) >= 11 is 1.26. The number of nitrogens with one attached hydrogen (secondary N) is 1. The highest BCUT2D eigenvalue weighted by atomic mass is 32.1. The molecule has 1 aromatic carbocycles. The van der Waals surface area contributed by atoms with E-state index >= 15 is 0 Å². The Morgan fingerprint density at radius 3 is 2.68 bits per heavy atom. The van der Waals surface area contributed by atoms with Crippen LogP contribution in [0.15, 0.2) is 18.2 Å². The molecule has 0 fully saturated rings. The second-order valence-corrected chi connectivity index (χ2v) is 4.58. The average Bonchev–Trinajstić information content (AvgIpc) is 2.84. The molecular formula is C12H16N4O2S. The summed E-state index contributed by atoms with van der Waals surface area (Å²) in [6, 6.07) is 5.88. The molecule has 0 atom stereocenters. The molecule has 0 aliphatic rings. The summed E-state index contributed by atoms with van der Waals surface area (Å²) in [5, 5.41) is 3.91. The lowest BCUT2D eigenvalue weighted by Gasteiger charge is -2.09. The number of nitrogens with zero attached hydrogens (tertiary/aromatic N) is 2. The fourth-order valence-electron chi connectivity index (χ4n) is 1.66. The highest BCUT2D eigenvalue weighted by Crippen LogP contribution is 2.27. The number of rotatable bonds is 6. The zero-order chi connectivity index (χ0) is 13.7. The van der Waals surface area contributed by atoms with Crippen LogP contribution in [0.5, 0.6) is 11.5 Å². The number of aromatic nitrogens is 2. The van der Waals surface area contributed by atoms with Crippen LogP contribution in [0, 0.1) is 0 Å². The molecule has 19 heavy (non-hydrogen) atoms. The van der Waals surface area contributed by atoms with Crippen LogP contribution in [0.2, 0.25) is 0 Å². The van der Waals surface area contributed by atoms with Gasteiger partial charge in [-0.05, 0) is 24.1 Å². The van der Waals surface area contributed by atoms with Gasteiger partial charge in [-0.3, -0.25) is 0 Å². The molecule has 102 valence electrons. The van der Waals surface area contributed by atoms with Crippen molar-refractivity contribution in [1.29, 1.82) is 0 Å². The summed E-state index contributed by atoms with van der Waals surface area (Å²) < 4.78 is 14.4. The first-order valence-electron chi connectivity index (χ1n) is 5.77. The molecule has 7 heteroatoms. The number of benzene rings is 1. The van der Waals surface area contributed by atoms with Crippen molar-refractivity contribution in [3.05, 3.63) is 23.8 Å². The first kappa shape index (κ1) is 13.4. The number of methoxy groups -OCH3 is 2. The van der Waals surface area contributed by atoms with Crippen molar-refractivity contribution in [2.75, 3.05) is 31.8 Å². The van der Waals surface area contributed by atoms with E-state index in [1.165, 1.54) is 11.5 Å². The molecule has 6 nitrogen and oxygen atoms in total. The van der Waals surface area contributed by atoms with Gasteiger partial charge in [0.15, 0.2) is 11.5 Å². The van der Waals surface area contributed by atoms with Crippen LogP contribution in [-0.2, 0) is 6.42 Å². The highest BCUT2D eigenvalue weighted by molar-refractivity contribution is 7.09. The summed E-state index contributed by atoms with van der Waals surface area (Å²) in [5.74, 6) is 1.77. The molecule has 0 bridgehead atoms. The van der Waals surface area contributed by atoms with E-state index in [0.29, 0.717) is 5.95 Å². The van der Waals surface area contributed by atoms with Crippen molar-refractivity contribution in [3.63, 3.8) is 0 Å². The van der Waals surface area contributed by atoms with E-state index in [2.05, 4.69) is 14.7 Å². The first-order valence-corrected chi connectivity index (χ1v) is 6.54. The van der Waals surface area contributed by atoms with Gasteiger partial charge in [0, 0.05) is 18.1 Å². The minimum Gasteiger partial charge on any atom is -0.493 e. The summed E-state index contributed by atoms with van der Waals surface area (Å²) in [5.41, 5.74) is 6.60. The van der Waals surface area contributed by atoms with Crippen LogP contribution in [0.25, 0.3) is 0 Å². The maximum absolute atomic E-state index is 5.45. The standard InChI is InChI=1S/C12H16N4O2S/c1-17-9-4-3-8(7-10(9)18-2)5-6-14-12-15-11(13)16-19-12/h3-4,7H,5-6H2,1-2H3,(H3,13,14,15,16). The van der Waals surface area contributed by atoms with Crippen LogP contribution in [-0.4, -0.2) is 30.1 Å². The topological polar surface area (TPSA) is 82.3 Å². The smallest absolute Gasteiger partial charge is 0.233 e. The van der Waals surface area contributed by atoms with E-state index in [1.807, 2.05) is 18.2 Å². The van der Waals surface area contributed by atoms with Gasteiger partial charge in [-0.25, -0.2) is 0 Å². The predicted molar refractivity (Wildman–Crippen MR) is 76.1 cm³/mol. The lowest BCUT2D eigenvalue weighted by molar-refractivity contribution is 0.354. The van der Waals surface area contributed by atoms with Gasteiger partial charge in [0.2, 0.25) is 11.1 Å². The minimum atomic E-state index is 0.304. The van der Waals surface area contributed by atoms with Crippen LogP contribution in [0.3, 0.4) is 0 Å². The van der Waals surface area contributed by atoms with Gasteiger partial charge in [-0.15, -0.1) is 0 Å². The van der Waals surface area contributed by atoms with Gasteiger partial charge in [0.25, 0.3) is 0 Å².